The summed E-state index contributed by atoms with van der Waals surface area (Å²) in [7, 11) is 5.95. The number of aryl methyl sites for hydroxylation is 1. The lowest BCUT2D eigenvalue weighted by Crippen LogP contribution is -3.00. The van der Waals surface area contributed by atoms with Crippen molar-refractivity contribution in [1.82, 2.24) is 4.90 Å². The summed E-state index contributed by atoms with van der Waals surface area (Å²) in [6.07, 6.45) is 2.90. The maximum atomic E-state index is 11.3. The number of nitro benzene ring substituents is 1. The highest BCUT2D eigenvalue weighted by atomic mass is 35.5. The van der Waals surface area contributed by atoms with Crippen LogP contribution in [-0.4, -0.2) is 37.0 Å². The molecule has 1 N–H and O–H groups in total. The predicted molar refractivity (Wildman–Crippen MR) is 83.4 cm³/mol. The summed E-state index contributed by atoms with van der Waals surface area (Å²) < 4.78 is 1.90. The second-order valence-corrected chi connectivity index (χ2v) is 5.35. The van der Waals surface area contributed by atoms with Gasteiger partial charge in [-0.1, -0.05) is 0 Å². The number of aromatic nitrogens is 1. The van der Waals surface area contributed by atoms with E-state index in [-0.39, 0.29) is 23.0 Å². The third-order valence-corrected chi connectivity index (χ3v) is 3.43. The monoisotopic (exact) mass is 324 g/mol. The molecule has 0 spiro atoms. The molecule has 0 aliphatic rings. The molecule has 0 unspecified atom stereocenters. The van der Waals surface area contributed by atoms with E-state index in [1.807, 2.05) is 44.0 Å². The van der Waals surface area contributed by atoms with Gasteiger partial charge in [0.05, 0.1) is 10.6 Å². The van der Waals surface area contributed by atoms with Crippen LogP contribution in [0.3, 0.4) is 0 Å². The SMILES string of the molecule is CN(C)CCCNc1cc[n+](C)c2cccc([N+](=O)[O-])c12.[Cl-]. The van der Waals surface area contributed by atoms with Crippen LogP contribution in [-0.2, 0) is 7.05 Å². The number of halogens is 1. The summed E-state index contributed by atoms with van der Waals surface area (Å²) in [5.41, 5.74) is 1.80. The van der Waals surface area contributed by atoms with Crippen molar-refractivity contribution in [3.05, 3.63) is 40.6 Å². The first-order valence-corrected chi connectivity index (χ1v) is 6.95. The Morgan fingerprint density at radius 1 is 1.32 bits per heavy atom. The molecule has 0 amide bonds. The van der Waals surface area contributed by atoms with Gasteiger partial charge < -0.3 is 22.6 Å². The maximum absolute atomic E-state index is 11.3. The van der Waals surface area contributed by atoms with Crippen LogP contribution in [0, 0.1) is 10.1 Å². The Hall–Kier alpha value is -1.92. The van der Waals surface area contributed by atoms with Gasteiger partial charge >= 0.3 is 0 Å². The van der Waals surface area contributed by atoms with Gasteiger partial charge in [-0.25, -0.2) is 4.57 Å². The number of fused-ring (bicyclic) bond motifs is 1. The van der Waals surface area contributed by atoms with Gasteiger partial charge in [-0.2, -0.15) is 0 Å². The van der Waals surface area contributed by atoms with Crippen LogP contribution in [0.25, 0.3) is 10.9 Å². The molecule has 6 nitrogen and oxygen atoms in total. The highest BCUT2D eigenvalue weighted by Crippen LogP contribution is 2.29. The number of anilines is 1. The minimum atomic E-state index is -0.326. The van der Waals surface area contributed by atoms with E-state index in [0.717, 1.165) is 30.7 Å². The van der Waals surface area contributed by atoms with Crippen LogP contribution in [0.4, 0.5) is 11.4 Å². The largest absolute Gasteiger partial charge is 1.00 e. The van der Waals surface area contributed by atoms with Crippen molar-refractivity contribution in [1.29, 1.82) is 0 Å². The molecule has 1 aromatic heterocycles. The van der Waals surface area contributed by atoms with Crippen molar-refractivity contribution in [3.63, 3.8) is 0 Å². The summed E-state index contributed by atoms with van der Waals surface area (Å²) in [6.45, 7) is 1.76. The first-order valence-electron chi connectivity index (χ1n) is 6.95. The first kappa shape index (κ1) is 18.1. The summed E-state index contributed by atoms with van der Waals surface area (Å²) in [5, 5.41) is 15.2. The van der Waals surface area contributed by atoms with E-state index in [2.05, 4.69) is 10.2 Å². The lowest BCUT2D eigenvalue weighted by atomic mass is 10.1. The lowest BCUT2D eigenvalue weighted by Gasteiger charge is -2.11. The molecule has 0 atom stereocenters. The summed E-state index contributed by atoms with van der Waals surface area (Å²) in [5.74, 6) is 0. The molecule has 0 saturated heterocycles. The molecule has 0 radical (unpaired) electrons. The van der Waals surface area contributed by atoms with Gasteiger partial charge in [0, 0.05) is 24.7 Å². The van der Waals surface area contributed by atoms with Gasteiger partial charge in [0.2, 0.25) is 5.52 Å². The lowest BCUT2D eigenvalue weighted by molar-refractivity contribution is -0.644. The Bertz CT molecular complexity index is 661. The summed E-state index contributed by atoms with van der Waals surface area (Å²) >= 11 is 0. The van der Waals surface area contributed by atoms with Crippen molar-refractivity contribution < 1.29 is 21.9 Å². The molecule has 22 heavy (non-hydrogen) atoms. The van der Waals surface area contributed by atoms with Crippen LogP contribution < -0.4 is 22.3 Å². The minimum Gasteiger partial charge on any atom is -1.00 e. The van der Waals surface area contributed by atoms with Gasteiger partial charge in [-0.05, 0) is 33.1 Å². The van der Waals surface area contributed by atoms with Gasteiger partial charge in [-0.3, -0.25) is 10.1 Å². The number of hydrogen-bond donors (Lipinski definition) is 1. The summed E-state index contributed by atoms with van der Waals surface area (Å²) in [4.78, 5) is 13.1. The number of pyridine rings is 1. The highest BCUT2D eigenvalue weighted by Gasteiger charge is 2.20. The van der Waals surface area contributed by atoms with Gasteiger partial charge in [0.1, 0.15) is 12.4 Å². The van der Waals surface area contributed by atoms with Crippen LogP contribution in [0.5, 0.6) is 0 Å². The van der Waals surface area contributed by atoms with Crippen molar-refractivity contribution in [3.8, 4) is 0 Å². The molecular weight excluding hydrogens is 304 g/mol. The molecule has 2 aromatic rings. The van der Waals surface area contributed by atoms with Crippen LogP contribution in [0.15, 0.2) is 30.5 Å². The molecule has 1 heterocycles. The zero-order valence-electron chi connectivity index (χ0n) is 13.0. The standard InChI is InChI=1S/C15H20N4O2.ClH/c1-17(2)10-5-9-16-12-8-11-18(3)13-6-4-7-14(15(12)13)19(20)21;/h4,6-8,11H,5,9-10H2,1-3H3;1H. The quantitative estimate of drug-likeness (QED) is 0.318. The van der Waals surface area contributed by atoms with E-state index in [9.17, 15) is 10.1 Å². The average molecular weight is 325 g/mol. The predicted octanol–water partition coefficient (Wildman–Crippen LogP) is -1.06. The highest BCUT2D eigenvalue weighted by molar-refractivity contribution is 5.96. The Balaban J connectivity index is 0.00000242. The van der Waals surface area contributed by atoms with E-state index in [0.29, 0.717) is 5.39 Å². The molecule has 0 saturated carbocycles. The van der Waals surface area contributed by atoms with Gasteiger partial charge in [0.25, 0.3) is 5.69 Å². The zero-order valence-corrected chi connectivity index (χ0v) is 13.8. The Morgan fingerprint density at radius 3 is 2.68 bits per heavy atom. The number of non-ortho nitro benzene ring substituents is 1. The fraction of sp³-hybridized carbons (Fsp3) is 0.400. The van der Waals surface area contributed by atoms with Crippen LogP contribution >= 0.6 is 0 Å². The van der Waals surface area contributed by atoms with E-state index in [4.69, 9.17) is 0 Å². The molecule has 0 aliphatic carbocycles. The Morgan fingerprint density at radius 2 is 2.05 bits per heavy atom. The molecule has 120 valence electrons. The van der Waals surface area contributed by atoms with E-state index in [1.165, 1.54) is 0 Å². The number of nitro groups is 1. The number of hydrogen-bond acceptors (Lipinski definition) is 4. The molecule has 7 heteroatoms. The molecule has 0 fully saturated rings. The molecule has 2 rings (SSSR count). The number of benzene rings is 1. The Labute approximate surface area is 136 Å². The van der Waals surface area contributed by atoms with Crippen molar-refractivity contribution >= 4 is 22.3 Å². The molecule has 1 aromatic carbocycles. The smallest absolute Gasteiger partial charge is 0.285 e. The number of nitrogens with zero attached hydrogens (tertiary/aromatic N) is 3. The second-order valence-electron chi connectivity index (χ2n) is 5.35. The first-order chi connectivity index (χ1) is 10.0. The normalized spacial score (nSPS) is 10.5. The maximum Gasteiger partial charge on any atom is 0.285 e. The summed E-state index contributed by atoms with van der Waals surface area (Å²) in [6, 6.07) is 7.06. The van der Waals surface area contributed by atoms with Crippen molar-refractivity contribution in [2.75, 3.05) is 32.5 Å². The third kappa shape index (κ3) is 4.05. The fourth-order valence-corrected chi connectivity index (χ4v) is 2.37. The minimum absolute atomic E-state index is 0. The number of nitrogens with one attached hydrogen (secondary N) is 1. The van der Waals surface area contributed by atoms with Crippen LogP contribution in [0.1, 0.15) is 6.42 Å². The van der Waals surface area contributed by atoms with E-state index >= 15 is 0 Å². The fourth-order valence-electron chi connectivity index (χ4n) is 2.37. The zero-order chi connectivity index (χ0) is 15.4. The van der Waals surface area contributed by atoms with E-state index < -0.39 is 0 Å². The second kappa shape index (κ2) is 7.91. The Kier molecular flexibility index (Phi) is 6.52. The van der Waals surface area contributed by atoms with Crippen molar-refractivity contribution in [2.24, 2.45) is 7.05 Å². The van der Waals surface area contributed by atoms with Crippen LogP contribution in [0.2, 0.25) is 0 Å². The van der Waals surface area contributed by atoms with E-state index in [1.54, 1.807) is 12.1 Å². The average Bonchev–Trinajstić information content (AvgIpc) is 2.45. The third-order valence-electron chi connectivity index (χ3n) is 3.43. The van der Waals surface area contributed by atoms with Gasteiger partial charge in [0.15, 0.2) is 6.20 Å². The molecule has 0 bridgehead atoms. The van der Waals surface area contributed by atoms with Crippen molar-refractivity contribution in [2.45, 2.75) is 6.42 Å². The van der Waals surface area contributed by atoms with Gasteiger partial charge in [-0.15, -0.1) is 0 Å². The number of rotatable bonds is 6. The molecular formula is C15H21ClN4O2. The topological polar surface area (TPSA) is 62.3 Å². The molecule has 0 aliphatic heterocycles.